The van der Waals surface area contributed by atoms with E-state index >= 15 is 0 Å². The van der Waals surface area contributed by atoms with Crippen LogP contribution in [0.2, 0.25) is 5.02 Å². The maximum absolute atomic E-state index is 12.5. The van der Waals surface area contributed by atoms with Crippen LogP contribution in [0.5, 0.6) is 17.2 Å². The van der Waals surface area contributed by atoms with E-state index in [1.165, 1.54) is 0 Å². The number of nitrogens with zero attached hydrogens (tertiary/aromatic N) is 2. The molecule has 7 heteroatoms. The van der Waals surface area contributed by atoms with E-state index in [9.17, 15) is 4.79 Å². The number of amides is 1. The first-order valence-corrected chi connectivity index (χ1v) is 9.32. The number of carbonyl (C=O) groups excluding carboxylic acids is 1. The third-order valence-corrected chi connectivity index (χ3v) is 4.51. The Hall–Kier alpha value is -2.44. The van der Waals surface area contributed by atoms with Crippen LogP contribution in [-0.2, 0) is 11.3 Å². The van der Waals surface area contributed by atoms with Crippen LogP contribution in [0, 0.1) is 0 Å². The van der Waals surface area contributed by atoms with Crippen molar-refractivity contribution in [1.82, 2.24) is 9.80 Å². The summed E-state index contributed by atoms with van der Waals surface area (Å²) < 4.78 is 16.2. The van der Waals surface area contributed by atoms with Gasteiger partial charge in [0.2, 0.25) is 5.91 Å². The second-order valence-electron chi connectivity index (χ2n) is 6.48. The van der Waals surface area contributed by atoms with E-state index in [1.54, 1.807) is 38.3 Å². The fourth-order valence-corrected chi connectivity index (χ4v) is 2.75. The van der Waals surface area contributed by atoms with Gasteiger partial charge < -0.3 is 19.1 Å². The van der Waals surface area contributed by atoms with Crippen LogP contribution in [0.1, 0.15) is 5.56 Å². The lowest BCUT2D eigenvalue weighted by Crippen LogP contribution is -2.37. The second-order valence-corrected chi connectivity index (χ2v) is 6.92. The SMILES string of the molecule is COc1ccc(CN(C)C(=O)CN(C)CCOc2ccc(Cl)cc2)cc1OC. The van der Waals surface area contributed by atoms with Crippen molar-refractivity contribution < 1.29 is 19.0 Å². The molecule has 0 heterocycles. The summed E-state index contributed by atoms with van der Waals surface area (Å²) in [5.74, 6) is 2.11. The van der Waals surface area contributed by atoms with E-state index in [0.29, 0.717) is 42.8 Å². The number of methoxy groups -OCH3 is 2. The molecule has 0 spiro atoms. The lowest BCUT2D eigenvalue weighted by Gasteiger charge is -2.22. The minimum atomic E-state index is 0.0313. The number of carbonyl (C=O) groups is 1. The van der Waals surface area contributed by atoms with Gasteiger partial charge in [-0.2, -0.15) is 0 Å². The highest BCUT2D eigenvalue weighted by molar-refractivity contribution is 6.30. The van der Waals surface area contributed by atoms with Gasteiger partial charge in [0.25, 0.3) is 0 Å². The number of benzene rings is 2. The molecule has 0 fully saturated rings. The summed E-state index contributed by atoms with van der Waals surface area (Å²) >= 11 is 5.85. The molecule has 2 aromatic rings. The highest BCUT2D eigenvalue weighted by Gasteiger charge is 2.13. The van der Waals surface area contributed by atoms with Gasteiger partial charge in [0.1, 0.15) is 12.4 Å². The Bertz CT molecular complexity index is 768. The molecule has 0 aromatic heterocycles. The number of hydrogen-bond acceptors (Lipinski definition) is 5. The van der Waals surface area contributed by atoms with Crippen molar-refractivity contribution in [2.24, 2.45) is 0 Å². The normalized spacial score (nSPS) is 10.6. The van der Waals surface area contributed by atoms with Crippen molar-refractivity contribution in [1.29, 1.82) is 0 Å². The van der Waals surface area contributed by atoms with E-state index in [1.807, 2.05) is 42.3 Å². The highest BCUT2D eigenvalue weighted by atomic mass is 35.5. The Labute approximate surface area is 171 Å². The Morgan fingerprint density at radius 3 is 2.32 bits per heavy atom. The number of rotatable bonds is 10. The van der Waals surface area contributed by atoms with Gasteiger partial charge >= 0.3 is 0 Å². The molecule has 0 bridgehead atoms. The molecule has 28 heavy (non-hydrogen) atoms. The van der Waals surface area contributed by atoms with Gasteiger partial charge in [0.05, 0.1) is 20.8 Å². The lowest BCUT2D eigenvalue weighted by molar-refractivity contribution is -0.131. The van der Waals surface area contributed by atoms with Gasteiger partial charge in [-0.05, 0) is 49.0 Å². The van der Waals surface area contributed by atoms with Crippen LogP contribution in [0.4, 0.5) is 0 Å². The molecule has 0 aliphatic carbocycles. The van der Waals surface area contributed by atoms with E-state index in [-0.39, 0.29) is 5.91 Å². The van der Waals surface area contributed by atoms with E-state index in [0.717, 1.165) is 11.3 Å². The summed E-state index contributed by atoms with van der Waals surface area (Å²) in [7, 11) is 6.88. The van der Waals surface area contributed by atoms with E-state index < -0.39 is 0 Å². The molecule has 0 atom stereocenters. The minimum Gasteiger partial charge on any atom is -0.493 e. The molecule has 0 radical (unpaired) electrons. The summed E-state index contributed by atoms with van der Waals surface area (Å²) in [6, 6.07) is 12.9. The van der Waals surface area contributed by atoms with Gasteiger partial charge in [-0.1, -0.05) is 17.7 Å². The third kappa shape index (κ3) is 6.62. The molecular weight excluding hydrogens is 380 g/mol. The fourth-order valence-electron chi connectivity index (χ4n) is 2.62. The number of halogens is 1. The minimum absolute atomic E-state index is 0.0313. The van der Waals surface area contributed by atoms with Crippen molar-refractivity contribution in [3.63, 3.8) is 0 Å². The van der Waals surface area contributed by atoms with Crippen LogP contribution in [0.25, 0.3) is 0 Å². The monoisotopic (exact) mass is 406 g/mol. The average Bonchev–Trinajstić information content (AvgIpc) is 2.69. The summed E-state index contributed by atoms with van der Waals surface area (Å²) in [4.78, 5) is 16.1. The van der Waals surface area contributed by atoms with E-state index in [2.05, 4.69) is 0 Å². The molecule has 0 saturated heterocycles. The average molecular weight is 407 g/mol. The molecular formula is C21H27ClN2O4. The van der Waals surface area contributed by atoms with Gasteiger partial charge in [-0.3, -0.25) is 9.69 Å². The Morgan fingerprint density at radius 2 is 1.68 bits per heavy atom. The first-order chi connectivity index (χ1) is 13.4. The zero-order valence-corrected chi connectivity index (χ0v) is 17.5. The predicted molar refractivity (Wildman–Crippen MR) is 110 cm³/mol. The van der Waals surface area contributed by atoms with Crippen LogP contribution < -0.4 is 14.2 Å². The molecule has 1 amide bonds. The summed E-state index contributed by atoms with van der Waals surface area (Å²) in [5, 5.41) is 0.674. The zero-order valence-electron chi connectivity index (χ0n) is 16.8. The third-order valence-electron chi connectivity index (χ3n) is 4.25. The summed E-state index contributed by atoms with van der Waals surface area (Å²) in [6.45, 7) is 1.94. The molecule has 0 unspecified atom stereocenters. The topological polar surface area (TPSA) is 51.2 Å². The van der Waals surface area contributed by atoms with Gasteiger partial charge in [-0.25, -0.2) is 0 Å². The summed E-state index contributed by atoms with van der Waals surface area (Å²) in [6.07, 6.45) is 0. The number of likely N-dealkylation sites (N-methyl/N-ethyl adjacent to an activating group) is 2. The van der Waals surface area contributed by atoms with Crippen molar-refractivity contribution >= 4 is 17.5 Å². The van der Waals surface area contributed by atoms with Gasteiger partial charge in [0.15, 0.2) is 11.5 Å². The first-order valence-electron chi connectivity index (χ1n) is 8.94. The fraction of sp³-hybridized carbons (Fsp3) is 0.381. The molecule has 0 aliphatic heterocycles. The quantitative estimate of drug-likeness (QED) is 0.605. The highest BCUT2D eigenvalue weighted by Crippen LogP contribution is 2.27. The lowest BCUT2D eigenvalue weighted by atomic mass is 10.2. The zero-order chi connectivity index (χ0) is 20.5. The van der Waals surface area contributed by atoms with Crippen LogP contribution >= 0.6 is 11.6 Å². The predicted octanol–water partition coefficient (Wildman–Crippen LogP) is 3.33. The van der Waals surface area contributed by atoms with Crippen LogP contribution in [0.15, 0.2) is 42.5 Å². The van der Waals surface area contributed by atoms with Crippen LogP contribution in [0.3, 0.4) is 0 Å². The largest absolute Gasteiger partial charge is 0.493 e. The molecule has 0 aliphatic rings. The van der Waals surface area contributed by atoms with Crippen LogP contribution in [-0.4, -0.2) is 63.7 Å². The van der Waals surface area contributed by atoms with Gasteiger partial charge in [-0.15, -0.1) is 0 Å². The van der Waals surface area contributed by atoms with Crippen molar-refractivity contribution in [3.8, 4) is 17.2 Å². The van der Waals surface area contributed by atoms with Crippen molar-refractivity contribution in [2.75, 3.05) is 48.0 Å². The molecule has 0 N–H and O–H groups in total. The Balaban J connectivity index is 1.78. The Morgan fingerprint density at radius 1 is 1.00 bits per heavy atom. The van der Waals surface area contributed by atoms with E-state index in [4.69, 9.17) is 25.8 Å². The van der Waals surface area contributed by atoms with Crippen molar-refractivity contribution in [2.45, 2.75) is 6.54 Å². The molecule has 152 valence electrons. The number of hydrogen-bond donors (Lipinski definition) is 0. The number of ether oxygens (including phenoxy) is 3. The van der Waals surface area contributed by atoms with Crippen molar-refractivity contribution in [3.05, 3.63) is 53.1 Å². The molecule has 2 aromatic carbocycles. The molecule has 6 nitrogen and oxygen atoms in total. The molecule has 2 rings (SSSR count). The van der Waals surface area contributed by atoms with Gasteiger partial charge in [0, 0.05) is 25.2 Å². The molecule has 0 saturated carbocycles. The standard InChI is InChI=1S/C21H27ClN2O4/c1-23(11-12-28-18-8-6-17(22)7-9-18)15-21(25)24(2)14-16-5-10-19(26-3)20(13-16)27-4/h5-10,13H,11-12,14-15H2,1-4H3. The second kappa shape index (κ2) is 10.8. The smallest absolute Gasteiger partial charge is 0.236 e. The summed E-state index contributed by atoms with van der Waals surface area (Å²) in [5.41, 5.74) is 0.974. The Kier molecular flexibility index (Phi) is 8.42. The maximum atomic E-state index is 12.5. The maximum Gasteiger partial charge on any atom is 0.236 e. The first kappa shape index (κ1) is 21.9.